The van der Waals surface area contributed by atoms with Gasteiger partial charge in [0.1, 0.15) is 10.0 Å². The molecule has 0 radical (unpaired) electrons. The average Bonchev–Trinajstić information content (AvgIpc) is 1.54. The monoisotopic (exact) mass is 2030 g/mol. The summed E-state index contributed by atoms with van der Waals surface area (Å²) in [5.74, 6) is 0.436. The van der Waals surface area contributed by atoms with Gasteiger partial charge in [-0.05, 0) is 206 Å². The third-order valence-electron chi connectivity index (χ3n) is 27.5. The maximum atomic E-state index is 17.1. The normalized spacial score (nSPS) is 13.4. The standard InChI is InChI=1S/C118H142N4O2S12/c1-5-9-13-17-21-25-27-31-35-41-57-87(55-39-33-29-23-19-15-11-7-3)83-121-111(115-119-81-107(135-115)101-71-69-99(129-101)105-79-89(61-47-59-85-51-43-37-44-52-85)113(133-105)103-75-73-97(131-103)95-67-65-93(127-95)91-63-49-77-125-91)109-110(117(121)123)112(122(118(109)124)84-88(56-40-34-30-24-20-16-12-8-4)58-42-36-32-28-26-22-18-14-10-6-2)116-120-82-108(136-116)102-72-70-100(130-102)106-80-90(62-48-60-86-53-45-38-46-54-86)114(134-106)104-76-74-98(132-104)96-68-66-94(128-96)92-64-50-78-126-92/h37-38,43-46,49-54,63-82,87-88H,5-36,39-42,47-48,55-62,83-84H2,1-4H3. The van der Waals surface area contributed by atoms with Crippen molar-refractivity contribution in [3.05, 3.63) is 236 Å². The maximum Gasteiger partial charge on any atom is 0.261 e. The quantitative estimate of drug-likeness (QED) is 0.0356. The molecule has 718 valence electrons. The van der Waals surface area contributed by atoms with Crippen LogP contribution in [0.1, 0.15) is 330 Å². The number of hydrogen-bond donors (Lipinski definition) is 0. The molecule has 2 amide bonds. The lowest BCUT2D eigenvalue weighted by Crippen LogP contribution is -2.35. The highest BCUT2D eigenvalue weighted by Gasteiger charge is 2.51. The molecular formula is C118H142N4O2S12. The number of aromatic nitrogens is 2. The van der Waals surface area contributed by atoms with Gasteiger partial charge in [-0.3, -0.25) is 9.59 Å². The third-order valence-corrected chi connectivity index (χ3v) is 42.1. The van der Waals surface area contributed by atoms with Crippen molar-refractivity contribution < 1.29 is 9.59 Å². The highest BCUT2D eigenvalue weighted by atomic mass is 32.1. The lowest BCUT2D eigenvalue weighted by molar-refractivity contribution is -0.124. The third kappa shape index (κ3) is 28.3. The topological polar surface area (TPSA) is 66.4 Å². The molecule has 6 nitrogen and oxygen atoms in total. The minimum absolute atomic E-state index is 0.0478. The summed E-state index contributed by atoms with van der Waals surface area (Å²) in [7, 11) is 0. The van der Waals surface area contributed by atoms with Gasteiger partial charge in [-0.15, -0.1) is 136 Å². The predicted molar refractivity (Wildman–Crippen MR) is 606 cm³/mol. The molecule has 0 spiro atoms. The van der Waals surface area contributed by atoms with Gasteiger partial charge < -0.3 is 9.80 Å². The number of thiazole rings is 2. The molecule has 0 N–H and O–H groups in total. The number of unbranched alkanes of at least 4 members (excludes halogenated alkanes) is 32. The Hall–Kier alpha value is -6.88. The van der Waals surface area contributed by atoms with Gasteiger partial charge in [0.25, 0.3) is 11.8 Å². The Morgan fingerprint density at radius 3 is 0.824 bits per heavy atom. The number of thiophene rings is 10. The zero-order chi connectivity index (χ0) is 93.3. The van der Waals surface area contributed by atoms with Crippen LogP contribution in [0.15, 0.2) is 204 Å². The number of fused-ring (bicyclic) bond motifs is 1. The fourth-order valence-corrected chi connectivity index (χ4v) is 32.8. The first-order valence-electron chi connectivity index (χ1n) is 52.2. The molecule has 136 heavy (non-hydrogen) atoms. The first-order chi connectivity index (χ1) is 67.1. The van der Waals surface area contributed by atoms with Crippen molar-refractivity contribution >= 4 is 159 Å². The Balaban J connectivity index is 0.754. The van der Waals surface area contributed by atoms with Crippen LogP contribution in [0.2, 0.25) is 0 Å². The van der Waals surface area contributed by atoms with E-state index in [1.807, 2.05) is 113 Å². The summed E-state index contributed by atoms with van der Waals surface area (Å²) in [4.78, 5) is 74.9. The lowest BCUT2D eigenvalue weighted by Gasteiger charge is -2.29. The van der Waals surface area contributed by atoms with Gasteiger partial charge in [0, 0.05) is 113 Å². The molecule has 14 heterocycles. The number of carbonyl (C=O) groups excluding carboxylic acids is 2. The molecule has 0 saturated carbocycles. The summed E-state index contributed by atoms with van der Waals surface area (Å²) in [6, 6.07) is 63.6. The molecule has 0 bridgehead atoms. The molecule has 2 aromatic carbocycles. The van der Waals surface area contributed by atoms with Crippen LogP contribution < -0.4 is 0 Å². The summed E-state index contributed by atoms with van der Waals surface area (Å²) in [6.45, 7) is 10.4. The second kappa shape index (κ2) is 54.4. The number of rotatable bonds is 64. The largest absolute Gasteiger partial charge is 0.304 e. The second-order valence-corrected chi connectivity index (χ2v) is 50.6. The molecule has 0 saturated heterocycles. The van der Waals surface area contributed by atoms with Crippen LogP contribution in [0.25, 0.3) is 109 Å². The second-order valence-electron chi connectivity index (χ2n) is 38.1. The van der Waals surface area contributed by atoms with Crippen LogP contribution in [-0.2, 0) is 35.3 Å². The molecule has 0 aliphatic carbocycles. The van der Waals surface area contributed by atoms with E-state index >= 15 is 9.59 Å². The van der Waals surface area contributed by atoms with Crippen LogP contribution in [0, 0.1) is 11.8 Å². The van der Waals surface area contributed by atoms with E-state index in [0.717, 1.165) is 131 Å². The smallest absolute Gasteiger partial charge is 0.261 e. The number of carbonyl (C=O) groups is 2. The molecule has 2 aliphatic rings. The van der Waals surface area contributed by atoms with E-state index in [1.54, 1.807) is 22.7 Å². The fourth-order valence-electron chi connectivity index (χ4n) is 19.9. The molecule has 14 aromatic rings. The molecule has 12 aromatic heterocycles. The first kappa shape index (κ1) is 102. The van der Waals surface area contributed by atoms with Crippen molar-refractivity contribution in [3.8, 4) is 97.5 Å². The zero-order valence-electron chi connectivity index (χ0n) is 81.1. The maximum absolute atomic E-state index is 17.1. The summed E-state index contributed by atoms with van der Waals surface area (Å²) in [5, 5.41) is 5.87. The van der Waals surface area contributed by atoms with E-state index in [4.69, 9.17) is 9.97 Å². The van der Waals surface area contributed by atoms with Crippen LogP contribution in [0.5, 0.6) is 0 Å². The van der Waals surface area contributed by atoms with Crippen molar-refractivity contribution in [1.29, 1.82) is 0 Å². The highest BCUT2D eigenvalue weighted by molar-refractivity contribution is 7.32. The zero-order valence-corrected chi connectivity index (χ0v) is 90.9. The van der Waals surface area contributed by atoms with Gasteiger partial charge in [0.2, 0.25) is 0 Å². The van der Waals surface area contributed by atoms with E-state index in [-0.39, 0.29) is 23.7 Å². The summed E-state index contributed by atoms with van der Waals surface area (Å²) >= 11 is 22.2. The predicted octanol–water partition coefficient (Wildman–Crippen LogP) is 41.0. The first-order valence-corrected chi connectivity index (χ1v) is 62.2. The van der Waals surface area contributed by atoms with Gasteiger partial charge in [-0.25, -0.2) is 9.97 Å². The van der Waals surface area contributed by atoms with Crippen molar-refractivity contribution in [2.75, 3.05) is 13.1 Å². The van der Waals surface area contributed by atoms with Crippen molar-refractivity contribution in [3.63, 3.8) is 0 Å². The Morgan fingerprint density at radius 2 is 0.522 bits per heavy atom. The summed E-state index contributed by atoms with van der Waals surface area (Å²) in [5.41, 5.74) is 8.13. The van der Waals surface area contributed by atoms with Gasteiger partial charge in [0.05, 0.1) is 32.3 Å². The number of nitrogens with zero attached hydrogens (tertiary/aromatic N) is 4. The summed E-state index contributed by atoms with van der Waals surface area (Å²) in [6.07, 6.45) is 60.5. The van der Waals surface area contributed by atoms with Crippen molar-refractivity contribution in [2.45, 2.75) is 323 Å². The van der Waals surface area contributed by atoms with E-state index in [1.165, 1.54) is 306 Å². The number of amides is 2. The van der Waals surface area contributed by atoms with Crippen LogP contribution in [-0.4, -0.2) is 44.7 Å². The summed E-state index contributed by atoms with van der Waals surface area (Å²) < 4.78 is 0. The van der Waals surface area contributed by atoms with Crippen LogP contribution in [0.3, 0.4) is 0 Å². The number of hydrogen-bond acceptors (Lipinski definition) is 16. The van der Waals surface area contributed by atoms with Gasteiger partial charge >= 0.3 is 0 Å². The fraction of sp³-hybridized carbons (Fsp3) is 0.458. The van der Waals surface area contributed by atoms with E-state index in [2.05, 4.69) is 231 Å². The lowest BCUT2D eigenvalue weighted by atomic mass is 9.93. The molecule has 2 unspecified atom stereocenters. The molecule has 18 heteroatoms. The molecule has 2 aliphatic heterocycles. The highest BCUT2D eigenvalue weighted by Crippen LogP contribution is 2.55. The Bertz CT molecular complexity index is 5600. The van der Waals surface area contributed by atoms with E-state index < -0.39 is 0 Å². The van der Waals surface area contributed by atoms with Gasteiger partial charge in [0.15, 0.2) is 0 Å². The van der Waals surface area contributed by atoms with Crippen molar-refractivity contribution in [2.24, 2.45) is 11.8 Å². The molecule has 16 rings (SSSR count). The number of aryl methyl sites for hydroxylation is 4. The van der Waals surface area contributed by atoms with Gasteiger partial charge in [-0.1, -0.05) is 332 Å². The Morgan fingerprint density at radius 1 is 0.250 bits per heavy atom. The molecule has 2 atom stereocenters. The number of benzene rings is 2. The minimum Gasteiger partial charge on any atom is -0.304 e. The SMILES string of the molecule is CCCCCCCCCCCCC(CCCCCCCCCC)CN1C(=O)C2=C(c3ncc(-c4ccc(-c5cc(CCCc6ccccc6)c(-c6ccc(-c7ccc(-c8cccs8)s7)s6)s5)s4)s3)N(CC(CCCCCCCCCC)CCCCCCCCCCCC)C(=O)C2=C1c1ncc(-c2ccc(-c3cc(CCCc4ccccc4)c(-c4ccc(-c5ccc(-c6cccs6)s5)s4)s3)s2)s1. The molecular weight excluding hydrogens is 1890 g/mol. The van der Waals surface area contributed by atoms with E-state index in [9.17, 15) is 0 Å². The van der Waals surface area contributed by atoms with Gasteiger partial charge in [-0.2, -0.15) is 0 Å². The Labute approximate surface area is 862 Å². The molecule has 0 fully saturated rings. The van der Waals surface area contributed by atoms with E-state index in [0.29, 0.717) is 24.2 Å². The van der Waals surface area contributed by atoms with Crippen molar-refractivity contribution in [1.82, 2.24) is 19.8 Å². The average molecular weight is 2030 g/mol. The Kier molecular flexibility index (Phi) is 40.8. The minimum atomic E-state index is -0.0478. The van der Waals surface area contributed by atoms with Crippen LogP contribution in [0.4, 0.5) is 0 Å². The van der Waals surface area contributed by atoms with Crippen LogP contribution >= 0.6 is 136 Å².